The highest BCUT2D eigenvalue weighted by Gasteiger charge is 2.37. The summed E-state index contributed by atoms with van der Waals surface area (Å²) in [5.74, 6) is -0.797. The number of carbonyl (C=O) groups is 2. The lowest BCUT2D eigenvalue weighted by atomic mass is 10.0. The summed E-state index contributed by atoms with van der Waals surface area (Å²) in [6, 6.07) is 9.78. The monoisotopic (exact) mass is 648 g/mol. The third-order valence-corrected chi connectivity index (χ3v) is 8.77. The van der Waals surface area contributed by atoms with Crippen molar-refractivity contribution in [2.24, 2.45) is 0 Å². The maximum Gasteiger partial charge on any atom is 0.258 e. The van der Waals surface area contributed by atoms with Gasteiger partial charge >= 0.3 is 0 Å². The maximum atomic E-state index is 16.3. The molecule has 0 saturated carbocycles. The number of hydrogen-bond donors (Lipinski definition) is 2. The molecule has 2 aromatic carbocycles. The molecular formula is C34H38F2N6O5. The molecule has 13 heteroatoms. The predicted octanol–water partition coefficient (Wildman–Crippen LogP) is 4.70. The third kappa shape index (κ3) is 6.66. The molecule has 0 radical (unpaired) electrons. The second-order valence-corrected chi connectivity index (χ2v) is 11.7. The fourth-order valence-electron chi connectivity index (χ4n) is 6.28. The van der Waals surface area contributed by atoms with Gasteiger partial charge in [0.05, 0.1) is 45.2 Å². The number of ether oxygens (including phenoxy) is 3. The van der Waals surface area contributed by atoms with E-state index >= 15 is 8.78 Å². The van der Waals surface area contributed by atoms with Crippen LogP contribution in [0, 0.1) is 11.6 Å². The Bertz CT molecular complexity index is 1680. The van der Waals surface area contributed by atoms with Gasteiger partial charge in [-0.3, -0.25) is 9.59 Å². The molecule has 248 valence electrons. The third-order valence-electron chi connectivity index (χ3n) is 8.77. The van der Waals surface area contributed by atoms with Crippen molar-refractivity contribution < 1.29 is 32.6 Å². The summed E-state index contributed by atoms with van der Waals surface area (Å²) in [7, 11) is 3.07. The number of fused-ring (bicyclic) bond motifs is 1. The summed E-state index contributed by atoms with van der Waals surface area (Å²) in [6.07, 6.45) is 2.66. The molecule has 2 amide bonds. The van der Waals surface area contributed by atoms with Gasteiger partial charge in [-0.05, 0) is 49.2 Å². The second-order valence-electron chi connectivity index (χ2n) is 11.7. The van der Waals surface area contributed by atoms with Crippen molar-refractivity contribution in [1.82, 2.24) is 14.8 Å². The molecule has 2 saturated heterocycles. The summed E-state index contributed by atoms with van der Waals surface area (Å²) < 4.78 is 48.1. The van der Waals surface area contributed by atoms with Gasteiger partial charge < -0.3 is 39.5 Å². The molecule has 1 atom stereocenters. The van der Waals surface area contributed by atoms with Crippen molar-refractivity contribution in [3.8, 4) is 11.5 Å². The summed E-state index contributed by atoms with van der Waals surface area (Å²) in [4.78, 5) is 35.9. The molecule has 0 bridgehead atoms. The van der Waals surface area contributed by atoms with Crippen LogP contribution >= 0.6 is 0 Å². The number of piperidine rings is 1. The molecule has 47 heavy (non-hydrogen) atoms. The number of hydrogen-bond acceptors (Lipinski definition) is 9. The van der Waals surface area contributed by atoms with Gasteiger partial charge in [-0.15, -0.1) is 0 Å². The Balaban J connectivity index is 1.33. The zero-order valence-electron chi connectivity index (χ0n) is 26.5. The smallest absolute Gasteiger partial charge is 0.258 e. The highest BCUT2D eigenvalue weighted by molar-refractivity contribution is 6.04. The van der Waals surface area contributed by atoms with Gasteiger partial charge in [0.2, 0.25) is 5.91 Å². The van der Waals surface area contributed by atoms with Crippen LogP contribution in [0.25, 0.3) is 0 Å². The van der Waals surface area contributed by atoms with Gasteiger partial charge in [-0.25, -0.2) is 13.8 Å². The van der Waals surface area contributed by atoms with E-state index in [9.17, 15) is 9.59 Å². The van der Waals surface area contributed by atoms with Crippen LogP contribution in [0.1, 0.15) is 34.3 Å². The molecule has 4 heterocycles. The predicted molar refractivity (Wildman–Crippen MR) is 173 cm³/mol. The van der Waals surface area contributed by atoms with E-state index in [-0.39, 0.29) is 53.5 Å². The van der Waals surface area contributed by atoms with Crippen molar-refractivity contribution >= 4 is 34.8 Å². The first-order valence-electron chi connectivity index (χ1n) is 15.6. The van der Waals surface area contributed by atoms with Crippen LogP contribution in [0.3, 0.4) is 0 Å². The lowest BCUT2D eigenvalue weighted by Gasteiger charge is -2.33. The summed E-state index contributed by atoms with van der Waals surface area (Å²) in [5.41, 5.74) is 1.68. The van der Waals surface area contributed by atoms with Crippen LogP contribution in [-0.4, -0.2) is 86.3 Å². The highest BCUT2D eigenvalue weighted by atomic mass is 19.1. The Morgan fingerprint density at radius 3 is 2.64 bits per heavy atom. The number of halogens is 2. The Morgan fingerprint density at radius 2 is 1.91 bits per heavy atom. The Kier molecular flexibility index (Phi) is 9.43. The molecule has 1 aromatic heterocycles. The first-order valence-corrected chi connectivity index (χ1v) is 15.6. The van der Waals surface area contributed by atoms with Crippen molar-refractivity contribution in [3.05, 3.63) is 77.4 Å². The number of nitrogens with one attached hydrogen (secondary N) is 2. The van der Waals surface area contributed by atoms with Gasteiger partial charge in [0.1, 0.15) is 23.1 Å². The number of pyridine rings is 1. The van der Waals surface area contributed by atoms with Crippen LogP contribution < -0.4 is 25.0 Å². The minimum atomic E-state index is -0.668. The molecule has 11 nitrogen and oxygen atoms in total. The van der Waals surface area contributed by atoms with Gasteiger partial charge in [0.25, 0.3) is 5.91 Å². The van der Waals surface area contributed by atoms with Gasteiger partial charge in [0, 0.05) is 61.6 Å². The number of rotatable bonds is 10. The number of morpholine rings is 1. The zero-order valence-corrected chi connectivity index (χ0v) is 26.5. The van der Waals surface area contributed by atoms with E-state index in [4.69, 9.17) is 14.2 Å². The number of nitrogens with zero attached hydrogens (tertiary/aromatic N) is 4. The normalized spacial score (nSPS) is 17.7. The van der Waals surface area contributed by atoms with E-state index in [1.54, 1.807) is 42.3 Å². The lowest BCUT2D eigenvalue weighted by Crippen LogP contribution is -2.44. The zero-order chi connectivity index (χ0) is 33.1. The Morgan fingerprint density at radius 1 is 1.11 bits per heavy atom. The number of methoxy groups -OCH3 is 2. The maximum absolute atomic E-state index is 16.3. The van der Waals surface area contributed by atoms with E-state index < -0.39 is 17.5 Å². The van der Waals surface area contributed by atoms with E-state index in [1.807, 2.05) is 4.90 Å². The standard InChI is InChI=1S/C34H38F2N6O5/c1-4-29(43)41-11-5-6-22(19-41)37-33-31(36)25-20-42(18-21-7-9-24(45-2)17-28(21)46-3)34(44)30(25)32(39-33)38-27-10-8-23(16-26(27)35)40-12-14-47-15-13-40/h4,7-10,16-17,22H,1,5-6,11-15,18-20H2,2-3H3,(H2,37,38,39)/t22-/m1/s1. The van der Waals surface area contributed by atoms with E-state index in [1.165, 1.54) is 24.2 Å². The van der Waals surface area contributed by atoms with E-state index in [0.717, 1.165) is 0 Å². The molecule has 2 fully saturated rings. The van der Waals surface area contributed by atoms with E-state index in [0.29, 0.717) is 75.0 Å². The molecule has 6 rings (SSSR count). The quantitative estimate of drug-likeness (QED) is 0.303. The summed E-state index contributed by atoms with van der Waals surface area (Å²) in [5, 5.41) is 6.15. The Hall–Kier alpha value is -4.91. The van der Waals surface area contributed by atoms with Crippen molar-refractivity contribution in [1.29, 1.82) is 0 Å². The van der Waals surface area contributed by atoms with Crippen LogP contribution in [-0.2, 0) is 22.6 Å². The molecule has 0 aliphatic carbocycles. The van der Waals surface area contributed by atoms with Crippen molar-refractivity contribution in [2.75, 3.05) is 69.1 Å². The van der Waals surface area contributed by atoms with Gasteiger partial charge in [-0.1, -0.05) is 6.58 Å². The number of amides is 2. The van der Waals surface area contributed by atoms with Gasteiger partial charge in [-0.2, -0.15) is 0 Å². The number of anilines is 4. The SMILES string of the molecule is C=CC(=O)N1CCC[C@@H](Nc2nc(Nc3ccc(N4CCOCC4)cc3F)c3c(c2F)CN(Cc2ccc(OC)cc2OC)C3=O)C1. The highest BCUT2D eigenvalue weighted by Crippen LogP contribution is 2.38. The Labute approximate surface area is 272 Å². The molecule has 0 spiro atoms. The minimum absolute atomic E-state index is 0.0318. The van der Waals surface area contributed by atoms with Gasteiger partial charge in [0.15, 0.2) is 11.6 Å². The molecule has 2 N–H and O–H groups in total. The minimum Gasteiger partial charge on any atom is -0.497 e. The number of likely N-dealkylation sites (tertiary alicyclic amines) is 1. The molecule has 3 aromatic rings. The van der Waals surface area contributed by atoms with Crippen molar-refractivity contribution in [3.63, 3.8) is 0 Å². The topological polar surface area (TPSA) is 108 Å². The van der Waals surface area contributed by atoms with Crippen LogP contribution in [0.4, 0.5) is 31.8 Å². The number of benzene rings is 2. The largest absolute Gasteiger partial charge is 0.497 e. The van der Waals surface area contributed by atoms with Crippen LogP contribution in [0.15, 0.2) is 49.1 Å². The summed E-state index contributed by atoms with van der Waals surface area (Å²) >= 11 is 0. The number of aromatic nitrogens is 1. The van der Waals surface area contributed by atoms with Crippen LogP contribution in [0.5, 0.6) is 11.5 Å². The lowest BCUT2D eigenvalue weighted by molar-refractivity contribution is -0.127. The molecular weight excluding hydrogens is 610 g/mol. The molecule has 3 aliphatic rings. The van der Waals surface area contributed by atoms with Crippen LogP contribution in [0.2, 0.25) is 0 Å². The van der Waals surface area contributed by atoms with E-state index in [2.05, 4.69) is 22.2 Å². The fourth-order valence-corrected chi connectivity index (χ4v) is 6.28. The van der Waals surface area contributed by atoms with Crippen molar-refractivity contribution in [2.45, 2.75) is 32.0 Å². The molecule has 3 aliphatic heterocycles. The average molecular weight is 649 g/mol. The fraction of sp³-hybridized carbons (Fsp3) is 0.382. The second kappa shape index (κ2) is 13.8. The first kappa shape index (κ1) is 32.0. The molecule has 0 unspecified atom stereocenters. The average Bonchev–Trinajstić information content (AvgIpc) is 3.43. The number of carbonyl (C=O) groups excluding carboxylic acids is 2. The first-order chi connectivity index (χ1) is 22.8. The summed E-state index contributed by atoms with van der Waals surface area (Å²) in [6.45, 7) is 7.00.